The first-order chi connectivity index (χ1) is 8.57. The van der Waals surface area contributed by atoms with E-state index in [9.17, 15) is 0 Å². The van der Waals surface area contributed by atoms with E-state index in [0.717, 1.165) is 26.1 Å². The van der Waals surface area contributed by atoms with Crippen LogP contribution in [0, 0.1) is 5.41 Å². The van der Waals surface area contributed by atoms with Crippen LogP contribution in [-0.4, -0.2) is 24.5 Å². The van der Waals surface area contributed by atoms with E-state index in [4.69, 9.17) is 10.2 Å². The fourth-order valence-corrected chi connectivity index (χ4v) is 2.90. The van der Waals surface area contributed by atoms with Crippen molar-refractivity contribution in [3.8, 4) is 0 Å². The van der Waals surface area contributed by atoms with Crippen molar-refractivity contribution in [1.82, 2.24) is 4.90 Å². The lowest BCUT2D eigenvalue weighted by Gasteiger charge is -2.38. The first-order valence-corrected chi connectivity index (χ1v) is 7.08. The van der Waals surface area contributed by atoms with E-state index in [1.165, 1.54) is 24.2 Å². The molecule has 0 amide bonds. The van der Waals surface area contributed by atoms with E-state index < -0.39 is 0 Å². The molecule has 1 atom stereocenters. The molecule has 0 radical (unpaired) electrons. The zero-order valence-corrected chi connectivity index (χ0v) is 11.9. The van der Waals surface area contributed by atoms with Crippen molar-refractivity contribution in [2.45, 2.75) is 46.1 Å². The van der Waals surface area contributed by atoms with Gasteiger partial charge in [-0.05, 0) is 37.4 Å². The molecule has 3 nitrogen and oxygen atoms in total. The van der Waals surface area contributed by atoms with Crippen LogP contribution in [0.4, 0.5) is 0 Å². The van der Waals surface area contributed by atoms with Crippen LogP contribution in [-0.2, 0) is 6.42 Å². The summed E-state index contributed by atoms with van der Waals surface area (Å²) in [5.41, 5.74) is 7.45. The summed E-state index contributed by atoms with van der Waals surface area (Å²) >= 11 is 0. The topological polar surface area (TPSA) is 42.4 Å². The number of hydrogen-bond acceptors (Lipinski definition) is 3. The summed E-state index contributed by atoms with van der Waals surface area (Å²) in [4.78, 5) is 2.56. The number of furan rings is 1. The van der Waals surface area contributed by atoms with Crippen LogP contribution in [0.3, 0.4) is 0 Å². The Balaban J connectivity index is 2.15. The molecule has 1 aliphatic carbocycles. The molecular formula is C15H26N2O. The average Bonchev–Trinajstić information content (AvgIpc) is 2.84. The molecule has 18 heavy (non-hydrogen) atoms. The molecule has 2 rings (SSSR count). The van der Waals surface area contributed by atoms with E-state index in [1.807, 2.05) is 6.26 Å². The van der Waals surface area contributed by atoms with Crippen LogP contribution < -0.4 is 5.73 Å². The molecule has 0 spiro atoms. The fraction of sp³-hybridized carbons (Fsp3) is 0.733. The molecule has 102 valence electrons. The lowest BCUT2D eigenvalue weighted by molar-refractivity contribution is 0.125. The SMILES string of the molecule is CCN(CC(C)(C)CN)C1CCCc2occc21. The second-order valence-electron chi connectivity index (χ2n) is 6.14. The van der Waals surface area contributed by atoms with Gasteiger partial charge in [-0.1, -0.05) is 20.8 Å². The van der Waals surface area contributed by atoms with Crippen molar-refractivity contribution >= 4 is 0 Å². The van der Waals surface area contributed by atoms with Crippen molar-refractivity contribution in [3.05, 3.63) is 23.7 Å². The summed E-state index contributed by atoms with van der Waals surface area (Å²) in [6, 6.07) is 2.67. The Morgan fingerprint density at radius 1 is 1.50 bits per heavy atom. The van der Waals surface area contributed by atoms with Crippen LogP contribution in [0.25, 0.3) is 0 Å². The lowest BCUT2D eigenvalue weighted by Crippen LogP contribution is -2.41. The summed E-state index contributed by atoms with van der Waals surface area (Å²) in [6.07, 6.45) is 5.40. The molecule has 0 saturated heterocycles. The van der Waals surface area contributed by atoms with Crippen LogP contribution in [0.2, 0.25) is 0 Å². The normalized spacial score (nSPS) is 20.2. The average molecular weight is 250 g/mol. The lowest BCUT2D eigenvalue weighted by atomic mass is 9.88. The van der Waals surface area contributed by atoms with E-state index in [0.29, 0.717) is 6.04 Å². The van der Waals surface area contributed by atoms with Gasteiger partial charge in [0.15, 0.2) is 0 Å². The Bertz CT molecular complexity index is 384. The van der Waals surface area contributed by atoms with Gasteiger partial charge in [0.2, 0.25) is 0 Å². The van der Waals surface area contributed by atoms with Gasteiger partial charge in [-0.15, -0.1) is 0 Å². The monoisotopic (exact) mass is 250 g/mol. The maximum atomic E-state index is 5.87. The van der Waals surface area contributed by atoms with Gasteiger partial charge >= 0.3 is 0 Å². The van der Waals surface area contributed by atoms with Gasteiger partial charge < -0.3 is 10.2 Å². The van der Waals surface area contributed by atoms with Crippen molar-refractivity contribution in [1.29, 1.82) is 0 Å². The minimum absolute atomic E-state index is 0.178. The molecule has 3 heteroatoms. The Morgan fingerprint density at radius 2 is 2.28 bits per heavy atom. The molecule has 0 aromatic carbocycles. The van der Waals surface area contributed by atoms with Gasteiger partial charge in [0.25, 0.3) is 0 Å². The van der Waals surface area contributed by atoms with Crippen LogP contribution in [0.1, 0.15) is 51.0 Å². The van der Waals surface area contributed by atoms with Gasteiger partial charge in [-0.3, -0.25) is 4.90 Å². The van der Waals surface area contributed by atoms with Crippen molar-refractivity contribution in [3.63, 3.8) is 0 Å². The van der Waals surface area contributed by atoms with Crippen molar-refractivity contribution in [2.24, 2.45) is 11.1 Å². The standard InChI is InChI=1S/C15H26N2O/c1-4-17(11-15(2,3)10-16)13-6-5-7-14-12(13)8-9-18-14/h8-9,13H,4-7,10-11,16H2,1-3H3. The minimum Gasteiger partial charge on any atom is -0.469 e. The number of hydrogen-bond donors (Lipinski definition) is 1. The maximum absolute atomic E-state index is 5.87. The fourth-order valence-electron chi connectivity index (χ4n) is 2.90. The number of nitrogens with zero attached hydrogens (tertiary/aromatic N) is 1. The van der Waals surface area contributed by atoms with Crippen LogP contribution in [0.15, 0.2) is 16.7 Å². The Morgan fingerprint density at radius 3 is 2.94 bits per heavy atom. The van der Waals surface area contributed by atoms with E-state index in [2.05, 4.69) is 31.7 Å². The molecular weight excluding hydrogens is 224 g/mol. The third kappa shape index (κ3) is 2.78. The Labute approximate surface area is 110 Å². The molecule has 0 saturated carbocycles. The highest BCUT2D eigenvalue weighted by molar-refractivity contribution is 5.24. The predicted molar refractivity (Wildman–Crippen MR) is 74.5 cm³/mol. The largest absolute Gasteiger partial charge is 0.469 e. The van der Waals surface area contributed by atoms with E-state index in [1.54, 1.807) is 0 Å². The highest BCUT2D eigenvalue weighted by Crippen LogP contribution is 2.36. The molecule has 1 aliphatic rings. The first-order valence-electron chi connectivity index (χ1n) is 7.08. The molecule has 1 aromatic rings. The zero-order chi connectivity index (χ0) is 13.2. The van der Waals surface area contributed by atoms with E-state index >= 15 is 0 Å². The molecule has 2 N–H and O–H groups in total. The minimum atomic E-state index is 0.178. The predicted octanol–water partition coefficient (Wildman–Crippen LogP) is 2.96. The molecule has 1 heterocycles. The third-order valence-corrected chi connectivity index (χ3v) is 4.05. The second kappa shape index (κ2) is 5.45. The molecule has 0 bridgehead atoms. The summed E-state index contributed by atoms with van der Waals surface area (Å²) in [5.74, 6) is 1.19. The van der Waals surface area contributed by atoms with Gasteiger partial charge in [-0.25, -0.2) is 0 Å². The molecule has 1 aromatic heterocycles. The number of nitrogens with two attached hydrogens (primary N) is 1. The van der Waals surface area contributed by atoms with Crippen LogP contribution in [0.5, 0.6) is 0 Å². The number of fused-ring (bicyclic) bond motifs is 1. The summed E-state index contributed by atoms with van der Waals surface area (Å²) < 4.78 is 5.59. The highest BCUT2D eigenvalue weighted by Gasteiger charge is 2.30. The Kier molecular flexibility index (Phi) is 4.13. The van der Waals surface area contributed by atoms with Gasteiger partial charge in [0, 0.05) is 24.6 Å². The second-order valence-corrected chi connectivity index (χ2v) is 6.14. The van der Waals surface area contributed by atoms with Crippen LogP contribution >= 0.6 is 0 Å². The Hall–Kier alpha value is -0.800. The molecule has 1 unspecified atom stereocenters. The molecule has 0 fully saturated rings. The highest BCUT2D eigenvalue weighted by atomic mass is 16.3. The smallest absolute Gasteiger partial charge is 0.108 e. The zero-order valence-electron chi connectivity index (χ0n) is 11.9. The quantitative estimate of drug-likeness (QED) is 0.873. The molecule has 0 aliphatic heterocycles. The summed E-state index contributed by atoms with van der Waals surface area (Å²) in [6.45, 7) is 9.58. The van der Waals surface area contributed by atoms with Crippen molar-refractivity contribution in [2.75, 3.05) is 19.6 Å². The maximum Gasteiger partial charge on any atom is 0.108 e. The first kappa shape index (κ1) is 13.6. The van der Waals surface area contributed by atoms with Gasteiger partial charge in [-0.2, -0.15) is 0 Å². The third-order valence-electron chi connectivity index (χ3n) is 4.05. The van der Waals surface area contributed by atoms with E-state index in [-0.39, 0.29) is 5.41 Å². The number of rotatable bonds is 5. The van der Waals surface area contributed by atoms with Gasteiger partial charge in [0.05, 0.1) is 6.26 Å². The van der Waals surface area contributed by atoms with Crippen molar-refractivity contribution < 1.29 is 4.42 Å². The summed E-state index contributed by atoms with van der Waals surface area (Å²) in [7, 11) is 0. The summed E-state index contributed by atoms with van der Waals surface area (Å²) in [5, 5.41) is 0. The van der Waals surface area contributed by atoms with Gasteiger partial charge in [0.1, 0.15) is 5.76 Å². The number of aryl methyl sites for hydroxylation is 1.